The molecule has 0 saturated heterocycles. The number of hydrogen-bond donors (Lipinski definition) is 1. The fraction of sp³-hybridized carbons (Fsp3) is 0.308. The van der Waals surface area contributed by atoms with Crippen LogP contribution in [0.1, 0.15) is 17.3 Å². The molecule has 2 aromatic rings. The third-order valence-electron chi connectivity index (χ3n) is 2.84. The van der Waals surface area contributed by atoms with E-state index < -0.39 is 17.9 Å². The number of hydrogen-bond acceptors (Lipinski definition) is 3. The van der Waals surface area contributed by atoms with Gasteiger partial charge in [-0.15, -0.1) is 0 Å². The number of nitrogens with two attached hydrogens (primary N) is 1. The first-order valence-electron chi connectivity index (χ1n) is 5.90. The molecule has 0 amide bonds. The van der Waals surface area contributed by atoms with Crippen LogP contribution in [0.15, 0.2) is 36.5 Å². The lowest BCUT2D eigenvalue weighted by molar-refractivity contribution is -0.141. The number of benzene rings is 1. The zero-order valence-electron chi connectivity index (χ0n) is 10.8. The summed E-state index contributed by atoms with van der Waals surface area (Å²) in [4.78, 5) is 0. The summed E-state index contributed by atoms with van der Waals surface area (Å²) < 4.78 is 43.6. The summed E-state index contributed by atoms with van der Waals surface area (Å²) in [5.74, 6) is 0.648. The third kappa shape index (κ3) is 3.30. The summed E-state index contributed by atoms with van der Waals surface area (Å²) in [6, 6.07) is 7.55. The lowest BCUT2D eigenvalue weighted by atomic mass is 10.1. The second-order valence-corrected chi connectivity index (χ2v) is 4.30. The van der Waals surface area contributed by atoms with Crippen molar-refractivity contribution in [1.29, 1.82) is 0 Å². The number of ether oxygens (including phenoxy) is 1. The maximum absolute atomic E-state index is 12.4. The molecule has 2 rings (SSSR count). The number of nitrogens with zero attached hydrogens (tertiary/aromatic N) is 2. The molecular weight excluding hydrogens is 271 g/mol. The van der Waals surface area contributed by atoms with Gasteiger partial charge in [-0.05, 0) is 23.8 Å². The van der Waals surface area contributed by atoms with E-state index in [0.29, 0.717) is 5.75 Å². The molecule has 1 atom stereocenters. The highest BCUT2D eigenvalue weighted by molar-refractivity contribution is 5.30. The van der Waals surface area contributed by atoms with Crippen molar-refractivity contribution in [3.05, 3.63) is 47.8 Å². The maximum atomic E-state index is 12.4. The number of aromatic nitrogens is 2. The van der Waals surface area contributed by atoms with Crippen LogP contribution in [0, 0.1) is 0 Å². The van der Waals surface area contributed by atoms with E-state index in [4.69, 9.17) is 10.5 Å². The summed E-state index contributed by atoms with van der Waals surface area (Å²) in [5.41, 5.74) is 5.82. The quantitative estimate of drug-likeness (QED) is 0.939. The first-order valence-corrected chi connectivity index (χ1v) is 5.90. The molecule has 108 valence electrons. The molecule has 1 heterocycles. The Hall–Kier alpha value is -2.02. The minimum absolute atomic E-state index is 0.156. The summed E-state index contributed by atoms with van der Waals surface area (Å²) >= 11 is 0. The summed E-state index contributed by atoms with van der Waals surface area (Å²) in [6.07, 6.45) is -3.17. The van der Waals surface area contributed by atoms with Gasteiger partial charge in [-0.2, -0.15) is 18.3 Å². The first-order chi connectivity index (χ1) is 9.40. The predicted molar refractivity (Wildman–Crippen MR) is 67.2 cm³/mol. The molecule has 2 N–H and O–H groups in total. The van der Waals surface area contributed by atoms with Crippen molar-refractivity contribution in [1.82, 2.24) is 9.78 Å². The molecule has 0 saturated carbocycles. The highest BCUT2D eigenvalue weighted by Gasteiger charge is 2.33. The molecule has 1 aromatic heterocycles. The minimum Gasteiger partial charge on any atom is -0.497 e. The Kier molecular flexibility index (Phi) is 3.99. The van der Waals surface area contributed by atoms with Gasteiger partial charge in [0.25, 0.3) is 0 Å². The Morgan fingerprint density at radius 1 is 1.35 bits per heavy atom. The van der Waals surface area contributed by atoms with Gasteiger partial charge in [-0.1, -0.05) is 12.1 Å². The van der Waals surface area contributed by atoms with Crippen LogP contribution in [-0.2, 0) is 12.7 Å². The molecule has 1 unspecified atom stereocenters. The van der Waals surface area contributed by atoms with Crippen molar-refractivity contribution in [2.75, 3.05) is 7.11 Å². The Morgan fingerprint density at radius 2 is 2.10 bits per heavy atom. The van der Waals surface area contributed by atoms with E-state index in [1.807, 2.05) is 0 Å². The number of halogens is 3. The molecule has 4 nitrogen and oxygen atoms in total. The Bertz CT molecular complexity index is 580. The normalized spacial score (nSPS) is 13.2. The smallest absolute Gasteiger partial charge is 0.435 e. The van der Waals surface area contributed by atoms with E-state index in [2.05, 4.69) is 5.10 Å². The van der Waals surface area contributed by atoms with Gasteiger partial charge in [0.2, 0.25) is 0 Å². The zero-order valence-corrected chi connectivity index (χ0v) is 10.8. The lowest BCUT2D eigenvalue weighted by Gasteiger charge is -2.13. The van der Waals surface area contributed by atoms with E-state index in [-0.39, 0.29) is 6.54 Å². The van der Waals surface area contributed by atoms with Crippen molar-refractivity contribution < 1.29 is 17.9 Å². The number of methoxy groups -OCH3 is 1. The minimum atomic E-state index is -4.44. The van der Waals surface area contributed by atoms with Gasteiger partial charge >= 0.3 is 6.18 Å². The van der Waals surface area contributed by atoms with Crippen LogP contribution in [0.25, 0.3) is 0 Å². The molecule has 20 heavy (non-hydrogen) atoms. The molecule has 0 radical (unpaired) electrons. The second-order valence-electron chi connectivity index (χ2n) is 4.30. The highest BCUT2D eigenvalue weighted by Crippen LogP contribution is 2.27. The molecule has 0 aliphatic carbocycles. The highest BCUT2D eigenvalue weighted by atomic mass is 19.4. The molecule has 0 aliphatic heterocycles. The van der Waals surface area contributed by atoms with Crippen molar-refractivity contribution in [3.8, 4) is 5.75 Å². The average molecular weight is 285 g/mol. The largest absolute Gasteiger partial charge is 0.497 e. The van der Waals surface area contributed by atoms with E-state index in [0.717, 1.165) is 11.6 Å². The fourth-order valence-electron chi connectivity index (χ4n) is 1.79. The third-order valence-corrected chi connectivity index (χ3v) is 2.84. The van der Waals surface area contributed by atoms with E-state index in [1.165, 1.54) is 18.0 Å². The van der Waals surface area contributed by atoms with Crippen molar-refractivity contribution in [2.45, 2.75) is 18.8 Å². The molecule has 0 bridgehead atoms. The summed E-state index contributed by atoms with van der Waals surface area (Å²) in [7, 11) is 1.54. The van der Waals surface area contributed by atoms with Gasteiger partial charge in [0.1, 0.15) is 5.75 Å². The van der Waals surface area contributed by atoms with Gasteiger partial charge in [-0.3, -0.25) is 4.68 Å². The molecular formula is C13H14F3N3O. The predicted octanol–water partition coefficient (Wildman–Crippen LogP) is 2.61. The fourth-order valence-corrected chi connectivity index (χ4v) is 1.79. The second kappa shape index (κ2) is 5.54. The number of alkyl halides is 3. The monoisotopic (exact) mass is 285 g/mol. The van der Waals surface area contributed by atoms with Crippen LogP contribution in [0.2, 0.25) is 0 Å². The lowest BCUT2D eigenvalue weighted by Crippen LogP contribution is -2.18. The molecule has 7 heteroatoms. The van der Waals surface area contributed by atoms with Crippen LogP contribution in [0.4, 0.5) is 13.2 Å². The van der Waals surface area contributed by atoms with Gasteiger partial charge in [0.15, 0.2) is 5.69 Å². The van der Waals surface area contributed by atoms with Crippen LogP contribution in [0.5, 0.6) is 5.75 Å². The topological polar surface area (TPSA) is 53.1 Å². The SMILES string of the molecule is COc1cccc(C(N)Cn2ccc(C(F)(F)F)n2)c1. The van der Waals surface area contributed by atoms with E-state index in [9.17, 15) is 13.2 Å². The van der Waals surface area contributed by atoms with Crippen molar-refractivity contribution >= 4 is 0 Å². The van der Waals surface area contributed by atoms with Crippen LogP contribution in [0.3, 0.4) is 0 Å². The summed E-state index contributed by atoms with van der Waals surface area (Å²) in [6.45, 7) is 0.156. The molecule has 0 fully saturated rings. The van der Waals surface area contributed by atoms with Crippen LogP contribution in [-0.4, -0.2) is 16.9 Å². The molecule has 0 aliphatic rings. The number of rotatable bonds is 4. The Morgan fingerprint density at radius 3 is 2.70 bits per heavy atom. The van der Waals surface area contributed by atoms with Gasteiger partial charge < -0.3 is 10.5 Å². The van der Waals surface area contributed by atoms with Crippen LogP contribution < -0.4 is 10.5 Å². The van der Waals surface area contributed by atoms with Gasteiger partial charge in [-0.25, -0.2) is 0 Å². The van der Waals surface area contributed by atoms with Crippen molar-refractivity contribution in [3.63, 3.8) is 0 Å². The van der Waals surface area contributed by atoms with Crippen LogP contribution >= 0.6 is 0 Å². The van der Waals surface area contributed by atoms with Gasteiger partial charge in [0.05, 0.1) is 13.7 Å². The summed E-state index contributed by atoms with van der Waals surface area (Å²) in [5, 5.41) is 3.47. The standard InChI is InChI=1S/C13H14F3N3O/c1-20-10-4-2-3-9(7-10)11(17)8-19-6-5-12(18-19)13(14,15)16/h2-7,11H,8,17H2,1H3. The Labute approximate surface area is 114 Å². The average Bonchev–Trinajstić information content (AvgIpc) is 2.87. The van der Waals surface area contributed by atoms with Crippen molar-refractivity contribution in [2.24, 2.45) is 5.73 Å². The maximum Gasteiger partial charge on any atom is 0.435 e. The van der Waals surface area contributed by atoms with E-state index >= 15 is 0 Å². The van der Waals surface area contributed by atoms with E-state index in [1.54, 1.807) is 24.3 Å². The molecule has 1 aromatic carbocycles. The Balaban J connectivity index is 2.11. The van der Waals surface area contributed by atoms with Gasteiger partial charge in [0, 0.05) is 12.2 Å². The zero-order chi connectivity index (χ0) is 14.8. The first kappa shape index (κ1) is 14.4. The molecule has 0 spiro atoms.